The highest BCUT2D eigenvalue weighted by Gasteiger charge is 2.12. The molecule has 0 aromatic heterocycles. The van der Waals surface area contributed by atoms with Gasteiger partial charge in [-0.2, -0.15) is 11.8 Å². The first-order valence-electron chi connectivity index (χ1n) is 5.33. The maximum Gasteiger partial charge on any atom is 0.150 e. The summed E-state index contributed by atoms with van der Waals surface area (Å²) in [6, 6.07) is 5.45. The van der Waals surface area contributed by atoms with Gasteiger partial charge in [0.05, 0.1) is 0 Å². The van der Waals surface area contributed by atoms with Crippen LogP contribution in [0.1, 0.15) is 15.9 Å². The number of carbonyl (C=O) groups is 1. The number of halogens is 1. The van der Waals surface area contributed by atoms with Crippen molar-refractivity contribution in [3.05, 3.63) is 34.3 Å². The third kappa shape index (κ3) is 3.00. The molecule has 0 N–H and O–H groups in total. The van der Waals surface area contributed by atoms with Crippen molar-refractivity contribution in [1.82, 2.24) is 4.90 Å². The maximum atomic E-state index is 10.7. The Kier molecular flexibility index (Phi) is 4.27. The fourth-order valence-electron chi connectivity index (χ4n) is 1.79. The molecule has 1 aromatic rings. The Hall–Kier alpha value is -0.510. The average molecular weight is 256 g/mol. The molecule has 2 nitrogen and oxygen atoms in total. The molecular formula is C12H14ClNOS. The molecule has 0 bridgehead atoms. The Labute approximate surface area is 105 Å². The molecule has 86 valence electrons. The minimum Gasteiger partial charge on any atom is -0.298 e. The lowest BCUT2D eigenvalue weighted by Gasteiger charge is -2.26. The van der Waals surface area contributed by atoms with E-state index >= 15 is 0 Å². The summed E-state index contributed by atoms with van der Waals surface area (Å²) < 4.78 is 0. The molecule has 0 aliphatic carbocycles. The molecular weight excluding hydrogens is 242 g/mol. The van der Waals surface area contributed by atoms with Crippen molar-refractivity contribution in [3.63, 3.8) is 0 Å². The monoisotopic (exact) mass is 255 g/mol. The van der Waals surface area contributed by atoms with Crippen LogP contribution in [0.25, 0.3) is 0 Å². The van der Waals surface area contributed by atoms with E-state index in [1.807, 2.05) is 17.8 Å². The zero-order valence-corrected chi connectivity index (χ0v) is 10.6. The Morgan fingerprint density at radius 3 is 2.81 bits per heavy atom. The van der Waals surface area contributed by atoms with Gasteiger partial charge in [0.15, 0.2) is 0 Å². The lowest BCUT2D eigenvalue weighted by atomic mass is 10.1. The van der Waals surface area contributed by atoms with Crippen LogP contribution < -0.4 is 0 Å². The van der Waals surface area contributed by atoms with Gasteiger partial charge in [0, 0.05) is 41.7 Å². The van der Waals surface area contributed by atoms with Crippen molar-refractivity contribution >= 4 is 29.6 Å². The molecule has 1 aromatic carbocycles. The summed E-state index contributed by atoms with van der Waals surface area (Å²) >= 11 is 8.11. The van der Waals surface area contributed by atoms with Crippen LogP contribution in [0.15, 0.2) is 18.2 Å². The number of benzene rings is 1. The Balaban J connectivity index is 2.09. The van der Waals surface area contributed by atoms with Crippen LogP contribution in [0.5, 0.6) is 0 Å². The minimum absolute atomic E-state index is 0.700. The average Bonchev–Trinajstić information content (AvgIpc) is 2.33. The highest BCUT2D eigenvalue weighted by Crippen LogP contribution is 2.20. The van der Waals surface area contributed by atoms with Gasteiger partial charge in [-0.25, -0.2) is 0 Å². The number of carbonyl (C=O) groups excluding carboxylic acids is 1. The topological polar surface area (TPSA) is 20.3 Å². The number of thioether (sulfide) groups is 1. The van der Waals surface area contributed by atoms with Crippen molar-refractivity contribution in [2.24, 2.45) is 0 Å². The van der Waals surface area contributed by atoms with E-state index in [2.05, 4.69) is 4.90 Å². The van der Waals surface area contributed by atoms with Gasteiger partial charge in [-0.15, -0.1) is 0 Å². The Morgan fingerprint density at radius 2 is 2.12 bits per heavy atom. The van der Waals surface area contributed by atoms with E-state index in [1.54, 1.807) is 12.1 Å². The first-order chi connectivity index (χ1) is 7.79. The molecule has 0 amide bonds. The summed E-state index contributed by atoms with van der Waals surface area (Å²) in [5.74, 6) is 2.37. The van der Waals surface area contributed by atoms with Gasteiger partial charge >= 0.3 is 0 Å². The number of rotatable bonds is 3. The van der Waals surface area contributed by atoms with Crippen LogP contribution in [0.2, 0.25) is 5.02 Å². The largest absolute Gasteiger partial charge is 0.298 e. The quantitative estimate of drug-likeness (QED) is 0.775. The molecule has 1 saturated heterocycles. The number of aldehydes is 1. The van der Waals surface area contributed by atoms with Gasteiger partial charge in [0.25, 0.3) is 0 Å². The third-order valence-electron chi connectivity index (χ3n) is 2.70. The summed E-state index contributed by atoms with van der Waals surface area (Å²) in [4.78, 5) is 13.1. The highest BCUT2D eigenvalue weighted by molar-refractivity contribution is 7.99. The second kappa shape index (κ2) is 5.71. The van der Waals surface area contributed by atoms with Crippen molar-refractivity contribution < 1.29 is 4.79 Å². The fourth-order valence-corrected chi connectivity index (χ4v) is 2.95. The van der Waals surface area contributed by atoms with Gasteiger partial charge in [-0.1, -0.05) is 17.7 Å². The Bertz CT molecular complexity index is 377. The first-order valence-corrected chi connectivity index (χ1v) is 6.86. The maximum absolute atomic E-state index is 10.7. The van der Waals surface area contributed by atoms with E-state index in [9.17, 15) is 4.79 Å². The second-order valence-electron chi connectivity index (χ2n) is 3.86. The highest BCUT2D eigenvalue weighted by atomic mass is 35.5. The van der Waals surface area contributed by atoms with Gasteiger partial charge in [0.1, 0.15) is 6.29 Å². The normalized spacial score (nSPS) is 17.3. The standard InChI is InChI=1S/C12H14ClNOS/c13-12-2-1-10(9-15)7-11(12)8-14-3-5-16-6-4-14/h1-2,7,9H,3-6,8H2. The van der Waals surface area contributed by atoms with E-state index < -0.39 is 0 Å². The van der Waals surface area contributed by atoms with Crippen LogP contribution in [0, 0.1) is 0 Å². The van der Waals surface area contributed by atoms with Crippen molar-refractivity contribution in [1.29, 1.82) is 0 Å². The van der Waals surface area contributed by atoms with Crippen molar-refractivity contribution in [2.75, 3.05) is 24.6 Å². The molecule has 1 aliphatic heterocycles. The van der Waals surface area contributed by atoms with Gasteiger partial charge < -0.3 is 0 Å². The molecule has 0 atom stereocenters. The molecule has 0 spiro atoms. The minimum atomic E-state index is 0.700. The van der Waals surface area contributed by atoms with Crippen LogP contribution in [0.4, 0.5) is 0 Å². The van der Waals surface area contributed by atoms with E-state index in [-0.39, 0.29) is 0 Å². The summed E-state index contributed by atoms with van der Waals surface area (Å²) in [6.45, 7) is 3.06. The van der Waals surface area contributed by atoms with Crippen LogP contribution in [0.3, 0.4) is 0 Å². The summed E-state index contributed by atoms with van der Waals surface area (Å²) in [5.41, 5.74) is 1.75. The number of hydrogen-bond acceptors (Lipinski definition) is 3. The predicted octanol–water partition coefficient (Wildman–Crippen LogP) is 2.70. The van der Waals surface area contributed by atoms with Gasteiger partial charge in [-0.3, -0.25) is 9.69 Å². The fraction of sp³-hybridized carbons (Fsp3) is 0.417. The molecule has 4 heteroatoms. The molecule has 16 heavy (non-hydrogen) atoms. The summed E-state index contributed by atoms with van der Waals surface area (Å²) in [5, 5.41) is 0.754. The molecule has 0 unspecified atom stereocenters. The molecule has 1 heterocycles. The molecule has 1 aliphatic rings. The van der Waals surface area contributed by atoms with Crippen LogP contribution in [-0.2, 0) is 6.54 Å². The summed E-state index contributed by atoms with van der Waals surface area (Å²) in [7, 11) is 0. The van der Waals surface area contributed by atoms with Gasteiger partial charge in [-0.05, 0) is 17.7 Å². The zero-order valence-electron chi connectivity index (χ0n) is 8.99. The predicted molar refractivity (Wildman–Crippen MR) is 69.4 cm³/mol. The lowest BCUT2D eigenvalue weighted by molar-refractivity contribution is 0.112. The van der Waals surface area contributed by atoms with E-state index in [4.69, 9.17) is 11.6 Å². The molecule has 2 rings (SSSR count). The molecule has 0 saturated carbocycles. The van der Waals surface area contributed by atoms with E-state index in [0.29, 0.717) is 5.56 Å². The zero-order chi connectivity index (χ0) is 11.4. The van der Waals surface area contributed by atoms with Crippen molar-refractivity contribution in [2.45, 2.75) is 6.54 Å². The van der Waals surface area contributed by atoms with Crippen LogP contribution in [-0.4, -0.2) is 35.8 Å². The third-order valence-corrected chi connectivity index (χ3v) is 4.01. The summed E-state index contributed by atoms with van der Waals surface area (Å²) in [6.07, 6.45) is 0.867. The Morgan fingerprint density at radius 1 is 1.38 bits per heavy atom. The molecule has 0 radical (unpaired) electrons. The smallest absolute Gasteiger partial charge is 0.150 e. The first kappa shape index (κ1) is 12.0. The second-order valence-corrected chi connectivity index (χ2v) is 5.49. The SMILES string of the molecule is O=Cc1ccc(Cl)c(CN2CCSCC2)c1. The van der Waals surface area contributed by atoms with E-state index in [1.165, 1.54) is 11.5 Å². The van der Waals surface area contributed by atoms with Gasteiger partial charge in [0.2, 0.25) is 0 Å². The van der Waals surface area contributed by atoms with Crippen molar-refractivity contribution in [3.8, 4) is 0 Å². The van der Waals surface area contributed by atoms with Crippen LogP contribution >= 0.6 is 23.4 Å². The molecule has 1 fully saturated rings. The number of hydrogen-bond donors (Lipinski definition) is 0. The number of nitrogens with zero attached hydrogens (tertiary/aromatic N) is 1. The van der Waals surface area contributed by atoms with E-state index in [0.717, 1.165) is 36.5 Å². The lowest BCUT2D eigenvalue weighted by Crippen LogP contribution is -2.32.